The molecule has 0 aliphatic carbocycles. The average Bonchev–Trinajstić information content (AvgIpc) is 2.65. The van der Waals surface area contributed by atoms with Crippen molar-refractivity contribution in [2.45, 2.75) is 6.92 Å². The van der Waals surface area contributed by atoms with Crippen molar-refractivity contribution in [3.63, 3.8) is 0 Å². The van der Waals surface area contributed by atoms with Crippen molar-refractivity contribution in [3.8, 4) is 5.75 Å². The van der Waals surface area contributed by atoms with Gasteiger partial charge < -0.3 is 10.1 Å². The molecule has 0 atom stereocenters. The number of nitrogens with zero attached hydrogens (tertiary/aromatic N) is 2. The molecule has 1 amide bonds. The lowest BCUT2D eigenvalue weighted by Crippen LogP contribution is -2.25. The summed E-state index contributed by atoms with van der Waals surface area (Å²) in [6, 6.07) is 17.4. The van der Waals surface area contributed by atoms with Gasteiger partial charge in [0, 0.05) is 5.39 Å². The van der Waals surface area contributed by atoms with Crippen LogP contribution in [0.15, 0.2) is 59.7 Å². The van der Waals surface area contributed by atoms with Crippen molar-refractivity contribution in [2.75, 3.05) is 17.3 Å². The molecule has 0 saturated heterocycles. The van der Waals surface area contributed by atoms with Crippen LogP contribution >= 0.6 is 0 Å². The Labute approximate surface area is 144 Å². The molecule has 0 fully saturated rings. The highest BCUT2D eigenvalue weighted by atomic mass is 16.5. The first-order chi connectivity index (χ1) is 12.2. The monoisotopic (exact) mass is 332 g/mol. The molecule has 2 N–H and O–H groups in total. The molecule has 6 nitrogen and oxygen atoms in total. The second-order valence-electron chi connectivity index (χ2n) is 5.75. The minimum absolute atomic E-state index is 0.0502. The number of pyridine rings is 1. The summed E-state index contributed by atoms with van der Waals surface area (Å²) in [7, 11) is 0. The van der Waals surface area contributed by atoms with Gasteiger partial charge in [0.2, 0.25) is 0 Å². The van der Waals surface area contributed by atoms with Crippen LogP contribution in [-0.2, 0) is 4.79 Å². The normalized spacial score (nSPS) is 13.8. The summed E-state index contributed by atoms with van der Waals surface area (Å²) in [6.07, 6.45) is 0. The summed E-state index contributed by atoms with van der Waals surface area (Å²) in [5.74, 6) is 1.19. The van der Waals surface area contributed by atoms with Crippen LogP contribution in [0.3, 0.4) is 0 Å². The van der Waals surface area contributed by atoms with Gasteiger partial charge in [-0.3, -0.25) is 10.2 Å². The van der Waals surface area contributed by atoms with Gasteiger partial charge in [-0.15, -0.1) is 0 Å². The third-order valence-electron chi connectivity index (χ3n) is 3.97. The van der Waals surface area contributed by atoms with Gasteiger partial charge in [-0.2, -0.15) is 5.10 Å². The predicted octanol–water partition coefficient (Wildman–Crippen LogP) is 3.40. The van der Waals surface area contributed by atoms with Gasteiger partial charge in [-0.25, -0.2) is 4.98 Å². The molecule has 1 aliphatic heterocycles. The fourth-order valence-electron chi connectivity index (χ4n) is 2.64. The van der Waals surface area contributed by atoms with Crippen molar-refractivity contribution in [1.82, 2.24) is 4.98 Å². The van der Waals surface area contributed by atoms with Crippen LogP contribution in [0.4, 0.5) is 11.5 Å². The van der Waals surface area contributed by atoms with Crippen molar-refractivity contribution in [1.29, 1.82) is 0 Å². The Kier molecular flexibility index (Phi) is 3.78. The van der Waals surface area contributed by atoms with E-state index in [-0.39, 0.29) is 12.5 Å². The number of ether oxygens (including phenoxy) is 1. The van der Waals surface area contributed by atoms with E-state index in [0.717, 1.165) is 22.2 Å². The molecule has 2 heterocycles. The van der Waals surface area contributed by atoms with Crippen LogP contribution in [-0.4, -0.2) is 23.2 Å². The summed E-state index contributed by atoms with van der Waals surface area (Å²) in [6.45, 7) is 1.94. The van der Waals surface area contributed by atoms with Crippen molar-refractivity contribution >= 4 is 34.0 Å². The van der Waals surface area contributed by atoms with Gasteiger partial charge in [0.25, 0.3) is 5.91 Å². The molecular formula is C19H16N4O2. The number of para-hydroxylation sites is 1. The number of hydrazone groups is 1. The van der Waals surface area contributed by atoms with Gasteiger partial charge in [-0.1, -0.05) is 18.2 Å². The highest BCUT2D eigenvalue weighted by Crippen LogP contribution is 2.28. The molecule has 0 radical (unpaired) electrons. The predicted molar refractivity (Wildman–Crippen MR) is 98.1 cm³/mol. The lowest BCUT2D eigenvalue weighted by molar-refractivity contribution is -0.118. The minimum Gasteiger partial charge on any atom is -0.482 e. The topological polar surface area (TPSA) is 75.6 Å². The van der Waals surface area contributed by atoms with E-state index in [0.29, 0.717) is 17.3 Å². The third kappa shape index (κ3) is 3.14. The fraction of sp³-hybridized carbons (Fsp3) is 0.105. The maximum absolute atomic E-state index is 11.4. The third-order valence-corrected chi connectivity index (χ3v) is 3.97. The lowest BCUT2D eigenvalue weighted by atomic mass is 10.1. The molecule has 4 rings (SSSR count). The van der Waals surface area contributed by atoms with Crippen molar-refractivity contribution in [3.05, 3.63) is 60.2 Å². The standard InChI is InChI=1S/C19H16N4O2/c1-12(14-6-8-17-16(10-14)21-19(24)11-25-17)22-23-18-9-7-13-4-2-3-5-15(13)20-18/h2-10H,11H2,1H3,(H,20,23)(H,21,24). The van der Waals surface area contributed by atoms with Crippen molar-refractivity contribution in [2.24, 2.45) is 5.10 Å². The van der Waals surface area contributed by atoms with Crippen LogP contribution in [0.25, 0.3) is 10.9 Å². The van der Waals surface area contributed by atoms with E-state index >= 15 is 0 Å². The van der Waals surface area contributed by atoms with E-state index < -0.39 is 0 Å². The van der Waals surface area contributed by atoms with E-state index in [1.165, 1.54) is 0 Å². The lowest BCUT2D eigenvalue weighted by Gasteiger charge is -2.18. The summed E-state index contributed by atoms with van der Waals surface area (Å²) < 4.78 is 5.36. The minimum atomic E-state index is -0.155. The number of anilines is 2. The molecule has 0 spiro atoms. The quantitative estimate of drug-likeness (QED) is 0.569. The number of rotatable bonds is 3. The fourth-order valence-corrected chi connectivity index (χ4v) is 2.64. The number of carbonyl (C=O) groups excluding carboxylic acids is 1. The Hall–Kier alpha value is -3.41. The number of hydrogen-bond donors (Lipinski definition) is 2. The molecule has 3 aromatic rings. The Bertz CT molecular complexity index is 998. The zero-order valence-corrected chi connectivity index (χ0v) is 13.6. The first-order valence-corrected chi connectivity index (χ1v) is 7.92. The average molecular weight is 332 g/mol. The summed E-state index contributed by atoms with van der Waals surface area (Å²) >= 11 is 0. The molecule has 1 aliphatic rings. The molecule has 124 valence electrons. The molecular weight excluding hydrogens is 316 g/mol. The largest absolute Gasteiger partial charge is 0.482 e. The van der Waals surface area contributed by atoms with Crippen LogP contribution in [0.1, 0.15) is 12.5 Å². The number of amides is 1. The zero-order chi connectivity index (χ0) is 17.2. The Balaban J connectivity index is 1.56. The Morgan fingerprint density at radius 1 is 1.20 bits per heavy atom. The van der Waals surface area contributed by atoms with E-state index in [4.69, 9.17) is 4.74 Å². The number of benzene rings is 2. The molecule has 2 aromatic carbocycles. The molecule has 0 unspecified atom stereocenters. The Morgan fingerprint density at radius 2 is 2.08 bits per heavy atom. The summed E-state index contributed by atoms with van der Waals surface area (Å²) in [5.41, 5.74) is 6.22. The SMILES string of the molecule is CC(=NNc1ccc2ccccc2n1)c1ccc2c(c1)NC(=O)CO2. The van der Waals surface area contributed by atoms with Gasteiger partial charge in [0.1, 0.15) is 11.6 Å². The first-order valence-electron chi connectivity index (χ1n) is 7.92. The van der Waals surface area contributed by atoms with E-state index in [2.05, 4.69) is 20.8 Å². The number of nitrogens with one attached hydrogen (secondary N) is 2. The molecule has 0 bridgehead atoms. The van der Waals surface area contributed by atoms with Crippen molar-refractivity contribution < 1.29 is 9.53 Å². The maximum Gasteiger partial charge on any atom is 0.262 e. The van der Waals surface area contributed by atoms with Crippen LogP contribution in [0.2, 0.25) is 0 Å². The Morgan fingerprint density at radius 3 is 3.00 bits per heavy atom. The molecule has 1 aromatic heterocycles. The zero-order valence-electron chi connectivity index (χ0n) is 13.6. The van der Waals surface area contributed by atoms with E-state index in [1.54, 1.807) is 0 Å². The van der Waals surface area contributed by atoms with E-state index in [9.17, 15) is 4.79 Å². The molecule has 25 heavy (non-hydrogen) atoms. The highest BCUT2D eigenvalue weighted by Gasteiger charge is 2.16. The smallest absolute Gasteiger partial charge is 0.262 e. The van der Waals surface area contributed by atoms with Crippen LogP contribution < -0.4 is 15.5 Å². The maximum atomic E-state index is 11.4. The summed E-state index contributed by atoms with van der Waals surface area (Å²) in [5, 5.41) is 8.27. The van der Waals surface area contributed by atoms with Gasteiger partial charge in [0.05, 0.1) is 16.9 Å². The second-order valence-corrected chi connectivity index (χ2v) is 5.75. The number of fused-ring (bicyclic) bond motifs is 2. The molecule has 0 saturated carbocycles. The first kappa shape index (κ1) is 15.1. The van der Waals surface area contributed by atoms with Gasteiger partial charge in [0.15, 0.2) is 6.61 Å². The number of aromatic nitrogens is 1. The highest BCUT2D eigenvalue weighted by molar-refractivity contribution is 6.02. The van der Waals surface area contributed by atoms with Crippen LogP contribution in [0.5, 0.6) is 5.75 Å². The summed E-state index contributed by atoms with van der Waals surface area (Å²) in [4.78, 5) is 16.0. The second kappa shape index (κ2) is 6.24. The number of hydrogen-bond acceptors (Lipinski definition) is 5. The van der Waals surface area contributed by atoms with Gasteiger partial charge in [-0.05, 0) is 48.9 Å². The van der Waals surface area contributed by atoms with Crippen LogP contribution in [0, 0.1) is 0 Å². The van der Waals surface area contributed by atoms with Gasteiger partial charge >= 0.3 is 0 Å². The molecule has 6 heteroatoms. The van der Waals surface area contributed by atoms with E-state index in [1.807, 2.05) is 61.5 Å². The number of carbonyl (C=O) groups is 1.